The minimum absolute atomic E-state index is 0.110. The molecule has 0 fully saturated rings. The minimum Gasteiger partial charge on any atom is -0.347 e. The van der Waals surface area contributed by atoms with Crippen LogP contribution in [0.1, 0.15) is 22.3 Å². The maximum atomic E-state index is 13.0. The normalized spacial score (nSPS) is 11.0. The van der Waals surface area contributed by atoms with E-state index in [9.17, 15) is 9.59 Å². The Morgan fingerprint density at radius 1 is 1.12 bits per heavy atom. The molecule has 8 heteroatoms. The quantitative estimate of drug-likeness (QED) is 0.482. The van der Waals surface area contributed by atoms with Crippen LogP contribution in [0.4, 0.5) is 10.8 Å². The van der Waals surface area contributed by atoms with Gasteiger partial charge in [0.2, 0.25) is 5.91 Å². The zero-order valence-electron chi connectivity index (χ0n) is 18.5. The number of carbonyl (C=O) groups is 1. The first-order valence-corrected chi connectivity index (χ1v) is 11.1. The molecule has 0 aliphatic rings. The number of aryl methyl sites for hydroxylation is 3. The highest BCUT2D eigenvalue weighted by Gasteiger charge is 2.16. The van der Waals surface area contributed by atoms with Gasteiger partial charge in [-0.2, -0.15) is 4.98 Å². The van der Waals surface area contributed by atoms with Gasteiger partial charge in [0.25, 0.3) is 5.56 Å². The summed E-state index contributed by atoms with van der Waals surface area (Å²) < 4.78 is 1.77. The fourth-order valence-corrected chi connectivity index (χ4v) is 4.68. The highest BCUT2D eigenvalue weighted by molar-refractivity contribution is 7.22. The van der Waals surface area contributed by atoms with E-state index in [4.69, 9.17) is 0 Å². The van der Waals surface area contributed by atoms with Gasteiger partial charge < -0.3 is 10.2 Å². The van der Waals surface area contributed by atoms with E-state index < -0.39 is 0 Å². The van der Waals surface area contributed by atoms with Crippen molar-refractivity contribution >= 4 is 38.4 Å². The van der Waals surface area contributed by atoms with Gasteiger partial charge in [-0.1, -0.05) is 59.4 Å². The number of aromatic nitrogens is 3. The van der Waals surface area contributed by atoms with E-state index in [0.717, 1.165) is 27.9 Å². The van der Waals surface area contributed by atoms with Gasteiger partial charge >= 0.3 is 0 Å². The second kappa shape index (κ2) is 8.92. The maximum Gasteiger partial charge on any atom is 0.273 e. The Morgan fingerprint density at radius 3 is 2.50 bits per heavy atom. The number of benzene rings is 2. The van der Waals surface area contributed by atoms with Gasteiger partial charge in [0, 0.05) is 19.3 Å². The summed E-state index contributed by atoms with van der Waals surface area (Å²) in [5, 5.41) is 3.64. The fourth-order valence-electron chi connectivity index (χ4n) is 3.75. The minimum atomic E-state index is -0.269. The molecule has 164 valence electrons. The van der Waals surface area contributed by atoms with Gasteiger partial charge in [-0.25, -0.2) is 4.98 Å². The molecule has 0 bridgehead atoms. The molecule has 0 unspecified atom stereocenters. The van der Waals surface area contributed by atoms with Crippen LogP contribution in [0, 0.1) is 20.8 Å². The van der Waals surface area contributed by atoms with Gasteiger partial charge in [0.05, 0.1) is 0 Å². The number of thiazole rings is 1. The lowest BCUT2D eigenvalue weighted by Gasteiger charge is -2.15. The highest BCUT2D eigenvalue weighted by atomic mass is 32.1. The van der Waals surface area contributed by atoms with Crippen molar-refractivity contribution in [3.05, 3.63) is 81.4 Å². The smallest absolute Gasteiger partial charge is 0.273 e. The molecule has 7 nitrogen and oxygen atoms in total. The van der Waals surface area contributed by atoms with Crippen molar-refractivity contribution in [1.82, 2.24) is 14.5 Å². The van der Waals surface area contributed by atoms with Crippen LogP contribution in [0.3, 0.4) is 0 Å². The largest absolute Gasteiger partial charge is 0.347 e. The van der Waals surface area contributed by atoms with E-state index in [2.05, 4.69) is 15.3 Å². The van der Waals surface area contributed by atoms with Crippen molar-refractivity contribution in [3.63, 3.8) is 0 Å². The van der Waals surface area contributed by atoms with Crippen LogP contribution in [0.25, 0.3) is 10.3 Å². The van der Waals surface area contributed by atoms with Crippen molar-refractivity contribution in [2.45, 2.75) is 33.9 Å². The van der Waals surface area contributed by atoms with E-state index in [-0.39, 0.29) is 18.0 Å². The van der Waals surface area contributed by atoms with E-state index in [1.165, 1.54) is 22.2 Å². The summed E-state index contributed by atoms with van der Waals surface area (Å²) in [4.78, 5) is 36.5. The maximum absolute atomic E-state index is 13.0. The lowest BCUT2D eigenvalue weighted by atomic mass is 10.1. The van der Waals surface area contributed by atoms with Crippen molar-refractivity contribution in [1.29, 1.82) is 0 Å². The number of nitrogens with one attached hydrogen (secondary N) is 1. The first-order valence-electron chi connectivity index (χ1n) is 10.3. The van der Waals surface area contributed by atoms with Crippen LogP contribution in [-0.2, 0) is 17.9 Å². The molecule has 2 heterocycles. The lowest BCUT2D eigenvalue weighted by Crippen LogP contribution is -2.28. The van der Waals surface area contributed by atoms with Crippen LogP contribution in [-0.4, -0.2) is 27.5 Å². The molecule has 4 aromatic rings. The second-order valence-electron chi connectivity index (χ2n) is 7.99. The number of amides is 1. The Balaban J connectivity index is 1.53. The van der Waals surface area contributed by atoms with Crippen molar-refractivity contribution in [3.8, 4) is 0 Å². The zero-order chi connectivity index (χ0) is 22.8. The predicted octanol–water partition coefficient (Wildman–Crippen LogP) is 4.05. The average Bonchev–Trinajstić information content (AvgIpc) is 3.19. The first-order chi connectivity index (χ1) is 15.3. The fraction of sp³-hybridized carbons (Fsp3) is 0.250. The average molecular weight is 448 g/mol. The predicted molar refractivity (Wildman–Crippen MR) is 130 cm³/mol. The number of nitrogens with zero attached hydrogens (tertiary/aromatic N) is 4. The van der Waals surface area contributed by atoms with Crippen molar-refractivity contribution in [2.75, 3.05) is 17.3 Å². The monoisotopic (exact) mass is 447 g/mol. The molecule has 1 N–H and O–H groups in total. The molecule has 0 aliphatic heterocycles. The number of anilines is 2. The summed E-state index contributed by atoms with van der Waals surface area (Å²) in [6.07, 6.45) is 1.39. The molecule has 4 rings (SSSR count). The van der Waals surface area contributed by atoms with Crippen LogP contribution in [0.5, 0.6) is 0 Å². The topological polar surface area (TPSA) is 80.1 Å². The lowest BCUT2D eigenvalue weighted by molar-refractivity contribution is -0.116. The molecule has 0 atom stereocenters. The Morgan fingerprint density at radius 2 is 1.81 bits per heavy atom. The van der Waals surface area contributed by atoms with Gasteiger partial charge in [-0.05, 0) is 37.5 Å². The molecule has 0 aliphatic carbocycles. The summed E-state index contributed by atoms with van der Waals surface area (Å²) in [5.74, 6) is -0.269. The zero-order valence-corrected chi connectivity index (χ0v) is 19.4. The van der Waals surface area contributed by atoms with Gasteiger partial charge in [0.15, 0.2) is 10.8 Å². The molecule has 1 amide bonds. The number of rotatable bonds is 6. The summed E-state index contributed by atoms with van der Waals surface area (Å²) in [5.41, 5.74) is 5.19. The number of hydrogen-bond donors (Lipinski definition) is 1. The van der Waals surface area contributed by atoms with Crippen LogP contribution in [0.2, 0.25) is 0 Å². The third kappa shape index (κ3) is 4.55. The van der Waals surface area contributed by atoms with E-state index in [1.807, 2.05) is 75.2 Å². The van der Waals surface area contributed by atoms with Gasteiger partial charge in [0.1, 0.15) is 17.6 Å². The van der Waals surface area contributed by atoms with Crippen molar-refractivity contribution < 1.29 is 4.79 Å². The van der Waals surface area contributed by atoms with Crippen molar-refractivity contribution in [2.24, 2.45) is 0 Å². The Hall–Kier alpha value is -3.52. The highest BCUT2D eigenvalue weighted by Crippen LogP contribution is 2.26. The molecule has 32 heavy (non-hydrogen) atoms. The second-order valence-corrected chi connectivity index (χ2v) is 8.97. The SMILES string of the molecule is Cc1cc(C)c(NC(=O)Cn2cnc3nc(N(C)Cc4ccccc4)sc3c2=O)c(C)c1. The third-order valence-electron chi connectivity index (χ3n) is 5.22. The van der Waals surface area contributed by atoms with Crippen LogP contribution in [0.15, 0.2) is 53.6 Å². The first kappa shape index (κ1) is 21.7. The van der Waals surface area contributed by atoms with Crippen LogP contribution < -0.4 is 15.8 Å². The van der Waals surface area contributed by atoms with Gasteiger partial charge in [-0.15, -0.1) is 0 Å². The molecule has 0 spiro atoms. The number of fused-ring (bicyclic) bond motifs is 1. The molecule has 0 radical (unpaired) electrons. The van der Waals surface area contributed by atoms with E-state index in [1.54, 1.807) is 0 Å². The summed E-state index contributed by atoms with van der Waals surface area (Å²) in [6.45, 7) is 6.50. The Bertz CT molecular complexity index is 1320. The van der Waals surface area contributed by atoms with Crippen LogP contribution >= 0.6 is 11.3 Å². The van der Waals surface area contributed by atoms with Gasteiger partial charge in [-0.3, -0.25) is 14.2 Å². The third-order valence-corrected chi connectivity index (χ3v) is 6.36. The summed E-state index contributed by atoms with van der Waals surface area (Å²) >= 11 is 1.29. The van der Waals surface area contributed by atoms with E-state index >= 15 is 0 Å². The molecule has 0 saturated heterocycles. The molecular formula is C24H25N5O2S. The Labute approximate surface area is 190 Å². The molecule has 2 aromatic heterocycles. The number of hydrogen-bond acceptors (Lipinski definition) is 6. The Kier molecular flexibility index (Phi) is 6.05. The summed E-state index contributed by atoms with van der Waals surface area (Å²) in [7, 11) is 1.93. The molecule has 0 saturated carbocycles. The summed E-state index contributed by atoms with van der Waals surface area (Å²) in [6, 6.07) is 14.1. The standard InChI is InChI=1S/C24H25N5O2S/c1-15-10-16(2)20(17(3)11-15)26-19(30)13-29-14-25-22-21(23(29)31)32-24(27-22)28(4)12-18-8-6-5-7-9-18/h5-11,14H,12-13H2,1-4H3,(H,26,30). The molecular weight excluding hydrogens is 422 g/mol. The number of carbonyl (C=O) groups excluding carboxylic acids is 1. The van der Waals surface area contributed by atoms with E-state index in [0.29, 0.717) is 22.0 Å². The molecule has 2 aromatic carbocycles.